The summed E-state index contributed by atoms with van der Waals surface area (Å²) in [6.07, 6.45) is 4.42. The lowest BCUT2D eigenvalue weighted by atomic mass is 10.1. The SMILES string of the molecule is COc1nc(NS(=O)(=O)c2c[nH]c3c(-c4ncccn4)c(Cl)ccc23)nc(OC)c1OCCF. The second-order valence-electron chi connectivity index (χ2n) is 6.61. The van der Waals surface area contributed by atoms with Gasteiger partial charge in [0, 0.05) is 24.0 Å². The molecule has 14 heteroatoms. The Hall–Kier alpha value is -3.71. The van der Waals surface area contributed by atoms with Crippen LogP contribution in [-0.4, -0.2) is 60.8 Å². The Labute approximate surface area is 198 Å². The maximum Gasteiger partial charge on any atom is 0.266 e. The summed E-state index contributed by atoms with van der Waals surface area (Å²) in [5.41, 5.74) is 0.889. The number of benzene rings is 1. The molecule has 11 nitrogen and oxygen atoms in total. The Kier molecular flexibility index (Phi) is 6.65. The predicted octanol–water partition coefficient (Wildman–Crippen LogP) is 3.23. The number of anilines is 1. The molecule has 0 aliphatic rings. The van der Waals surface area contributed by atoms with E-state index >= 15 is 0 Å². The van der Waals surface area contributed by atoms with Crippen LogP contribution in [0.25, 0.3) is 22.3 Å². The maximum absolute atomic E-state index is 13.2. The van der Waals surface area contributed by atoms with E-state index in [1.54, 1.807) is 30.6 Å². The first-order valence-electron chi connectivity index (χ1n) is 9.68. The zero-order valence-corrected chi connectivity index (χ0v) is 19.4. The summed E-state index contributed by atoms with van der Waals surface area (Å²) in [7, 11) is -1.61. The molecule has 0 saturated carbocycles. The van der Waals surface area contributed by atoms with Gasteiger partial charge in [0.2, 0.25) is 11.7 Å². The van der Waals surface area contributed by atoms with Crippen LogP contribution in [0.3, 0.4) is 0 Å². The third kappa shape index (κ3) is 4.39. The van der Waals surface area contributed by atoms with E-state index in [4.69, 9.17) is 25.8 Å². The van der Waals surface area contributed by atoms with Crippen molar-refractivity contribution in [3.8, 4) is 28.9 Å². The molecule has 0 aliphatic carbocycles. The van der Waals surface area contributed by atoms with E-state index in [-0.39, 0.29) is 35.0 Å². The Morgan fingerprint density at radius 3 is 2.41 bits per heavy atom. The molecule has 2 N–H and O–H groups in total. The number of hydrogen-bond acceptors (Lipinski definition) is 9. The average Bonchev–Trinajstić information content (AvgIpc) is 3.28. The summed E-state index contributed by atoms with van der Waals surface area (Å²) in [6.45, 7) is -1.05. The van der Waals surface area contributed by atoms with Gasteiger partial charge in [-0.1, -0.05) is 11.6 Å². The third-order valence-electron chi connectivity index (χ3n) is 4.59. The molecule has 4 rings (SSSR count). The largest absolute Gasteiger partial charge is 0.481 e. The van der Waals surface area contributed by atoms with E-state index in [2.05, 4.69) is 29.6 Å². The maximum atomic E-state index is 13.2. The van der Waals surface area contributed by atoms with Gasteiger partial charge in [-0.25, -0.2) is 27.5 Å². The fourth-order valence-electron chi connectivity index (χ4n) is 3.19. The fourth-order valence-corrected chi connectivity index (χ4v) is 4.55. The Morgan fingerprint density at radius 1 is 1.12 bits per heavy atom. The number of sulfonamides is 1. The number of aromatic amines is 1. The highest BCUT2D eigenvalue weighted by Crippen LogP contribution is 2.37. The molecule has 0 unspecified atom stereocenters. The van der Waals surface area contributed by atoms with Crippen molar-refractivity contribution < 1.29 is 27.0 Å². The summed E-state index contributed by atoms with van der Waals surface area (Å²) < 4.78 is 56.8. The molecule has 3 heterocycles. The second-order valence-corrected chi connectivity index (χ2v) is 8.67. The summed E-state index contributed by atoms with van der Waals surface area (Å²) in [5, 5.41) is 0.695. The highest BCUT2D eigenvalue weighted by Gasteiger charge is 2.25. The highest BCUT2D eigenvalue weighted by atomic mass is 35.5. The number of fused-ring (bicyclic) bond motifs is 1. The summed E-state index contributed by atoms with van der Waals surface area (Å²) in [5.74, 6) is -0.325. The van der Waals surface area contributed by atoms with Crippen molar-refractivity contribution >= 4 is 38.5 Å². The fraction of sp³-hybridized carbons (Fsp3) is 0.200. The molecular weight excluding hydrogens is 491 g/mol. The van der Waals surface area contributed by atoms with Gasteiger partial charge in [0.25, 0.3) is 21.8 Å². The van der Waals surface area contributed by atoms with Crippen LogP contribution in [0.4, 0.5) is 10.3 Å². The summed E-state index contributed by atoms with van der Waals surface area (Å²) in [4.78, 5) is 19.3. The van der Waals surface area contributed by atoms with Crippen LogP contribution in [-0.2, 0) is 10.0 Å². The van der Waals surface area contributed by atoms with Crippen LogP contribution in [0.15, 0.2) is 41.7 Å². The minimum absolute atomic E-state index is 0.0557. The smallest absolute Gasteiger partial charge is 0.266 e. The number of methoxy groups -OCH3 is 2. The van der Waals surface area contributed by atoms with Gasteiger partial charge in [-0.15, -0.1) is 0 Å². The number of ether oxygens (including phenoxy) is 3. The van der Waals surface area contributed by atoms with E-state index in [0.29, 0.717) is 27.3 Å². The van der Waals surface area contributed by atoms with Crippen molar-refractivity contribution in [2.24, 2.45) is 0 Å². The van der Waals surface area contributed by atoms with Gasteiger partial charge < -0.3 is 19.2 Å². The molecule has 0 aliphatic heterocycles. The monoisotopic (exact) mass is 508 g/mol. The van der Waals surface area contributed by atoms with Crippen molar-refractivity contribution in [2.45, 2.75) is 4.90 Å². The van der Waals surface area contributed by atoms with Crippen molar-refractivity contribution in [1.82, 2.24) is 24.9 Å². The standard InChI is InChI=1S/C20H18ClFN6O5S/c1-31-18-16(33-9-6-22)19(32-2)27-20(26-18)28-34(29,30)13-10-25-15-11(13)4-5-12(21)14(15)17-23-7-3-8-24-17/h3-5,7-8,10,25H,6,9H2,1-2H3,(H,26,27,28). The quantitative estimate of drug-likeness (QED) is 0.348. The van der Waals surface area contributed by atoms with Gasteiger partial charge in [-0.05, 0) is 18.2 Å². The Bertz CT molecular complexity index is 1410. The van der Waals surface area contributed by atoms with E-state index < -0.39 is 16.7 Å². The summed E-state index contributed by atoms with van der Waals surface area (Å²) in [6, 6.07) is 4.77. The van der Waals surface area contributed by atoms with E-state index in [1.807, 2.05) is 0 Å². The molecule has 1 aromatic carbocycles. The van der Waals surface area contributed by atoms with E-state index in [9.17, 15) is 12.8 Å². The molecular formula is C20H18ClFN6O5S. The number of rotatable bonds is 9. The van der Waals surface area contributed by atoms with Crippen LogP contribution >= 0.6 is 11.6 Å². The molecule has 0 fully saturated rings. The number of nitrogens with zero attached hydrogens (tertiary/aromatic N) is 4. The van der Waals surface area contributed by atoms with Gasteiger partial charge in [-0.3, -0.25) is 0 Å². The number of halogens is 2. The van der Waals surface area contributed by atoms with Crippen LogP contribution in [0.2, 0.25) is 5.02 Å². The molecule has 0 radical (unpaired) electrons. The third-order valence-corrected chi connectivity index (χ3v) is 6.27. The van der Waals surface area contributed by atoms with Gasteiger partial charge in [-0.2, -0.15) is 9.97 Å². The first-order chi connectivity index (χ1) is 16.4. The average molecular weight is 509 g/mol. The normalized spacial score (nSPS) is 11.4. The van der Waals surface area contributed by atoms with Crippen molar-refractivity contribution in [2.75, 3.05) is 32.2 Å². The number of alkyl halides is 1. The topological polar surface area (TPSA) is 141 Å². The summed E-state index contributed by atoms with van der Waals surface area (Å²) >= 11 is 6.36. The second kappa shape index (κ2) is 9.65. The zero-order chi connectivity index (χ0) is 24.3. The minimum Gasteiger partial charge on any atom is -0.481 e. The predicted molar refractivity (Wildman–Crippen MR) is 122 cm³/mol. The molecule has 3 aromatic heterocycles. The molecule has 178 valence electrons. The highest BCUT2D eigenvalue weighted by molar-refractivity contribution is 7.93. The Balaban J connectivity index is 1.76. The van der Waals surface area contributed by atoms with Crippen molar-refractivity contribution in [3.63, 3.8) is 0 Å². The van der Waals surface area contributed by atoms with Crippen molar-refractivity contribution in [3.05, 3.63) is 41.8 Å². The lowest BCUT2D eigenvalue weighted by molar-refractivity contribution is 0.240. The van der Waals surface area contributed by atoms with Crippen LogP contribution < -0.4 is 18.9 Å². The van der Waals surface area contributed by atoms with Crippen LogP contribution in [0, 0.1) is 0 Å². The minimum atomic E-state index is -4.19. The number of H-pyrrole nitrogens is 1. The number of aromatic nitrogens is 5. The molecule has 0 saturated heterocycles. The Morgan fingerprint density at radius 2 is 1.79 bits per heavy atom. The van der Waals surface area contributed by atoms with Crippen molar-refractivity contribution in [1.29, 1.82) is 0 Å². The number of hydrogen-bond donors (Lipinski definition) is 2. The molecule has 0 amide bonds. The molecule has 0 spiro atoms. The molecule has 34 heavy (non-hydrogen) atoms. The van der Waals surface area contributed by atoms with Crippen LogP contribution in [0.5, 0.6) is 17.5 Å². The van der Waals surface area contributed by atoms with Gasteiger partial charge in [0.15, 0.2) is 5.82 Å². The van der Waals surface area contributed by atoms with E-state index in [0.717, 1.165) is 0 Å². The van der Waals surface area contributed by atoms with Gasteiger partial charge in [0.1, 0.15) is 18.2 Å². The first kappa shape index (κ1) is 23.4. The lowest BCUT2D eigenvalue weighted by Gasteiger charge is -2.14. The molecule has 0 atom stereocenters. The zero-order valence-electron chi connectivity index (χ0n) is 17.9. The lowest BCUT2D eigenvalue weighted by Crippen LogP contribution is -2.16. The van der Waals surface area contributed by atoms with Gasteiger partial charge in [0.05, 0.1) is 30.3 Å². The van der Waals surface area contributed by atoms with Crippen LogP contribution in [0.1, 0.15) is 0 Å². The number of nitrogens with one attached hydrogen (secondary N) is 2. The molecule has 0 bridgehead atoms. The first-order valence-corrected chi connectivity index (χ1v) is 11.5. The van der Waals surface area contributed by atoms with Gasteiger partial charge >= 0.3 is 0 Å². The van der Waals surface area contributed by atoms with E-state index in [1.165, 1.54) is 20.4 Å². The molecule has 4 aromatic rings.